The van der Waals surface area contributed by atoms with E-state index in [0.29, 0.717) is 6.42 Å². The van der Waals surface area contributed by atoms with Gasteiger partial charge in [0.25, 0.3) is 0 Å². The third-order valence-corrected chi connectivity index (χ3v) is 7.63. The van der Waals surface area contributed by atoms with Gasteiger partial charge in [-0.2, -0.15) is 0 Å². The molecule has 5 heteroatoms. The highest BCUT2D eigenvalue weighted by Crippen LogP contribution is 2.39. The first-order valence-corrected chi connectivity index (χ1v) is 12.1. The second-order valence-electron chi connectivity index (χ2n) is 9.05. The molecule has 0 radical (unpaired) electrons. The van der Waals surface area contributed by atoms with Crippen molar-refractivity contribution in [2.24, 2.45) is 5.41 Å². The first kappa shape index (κ1) is 20.4. The molecule has 31 heavy (non-hydrogen) atoms. The third kappa shape index (κ3) is 4.73. The molecule has 0 N–H and O–H groups in total. The Balaban J connectivity index is 1.19. The summed E-state index contributed by atoms with van der Waals surface area (Å²) < 4.78 is 0. The van der Waals surface area contributed by atoms with Gasteiger partial charge in [0.1, 0.15) is 5.01 Å². The molecule has 0 saturated carbocycles. The van der Waals surface area contributed by atoms with Crippen LogP contribution in [0.25, 0.3) is 10.6 Å². The molecule has 1 amide bonds. The maximum atomic E-state index is 13.0. The number of carbonyl (C=O) groups excluding carboxylic acids is 1. The molecule has 3 heterocycles. The highest BCUT2D eigenvalue weighted by molar-refractivity contribution is 7.13. The zero-order chi connectivity index (χ0) is 21.1. The lowest BCUT2D eigenvalue weighted by molar-refractivity contribution is -0.130. The fourth-order valence-corrected chi connectivity index (χ4v) is 5.96. The number of piperidine rings is 1. The van der Waals surface area contributed by atoms with E-state index in [2.05, 4.69) is 52.3 Å². The largest absolute Gasteiger partial charge is 0.342 e. The Kier molecular flexibility index (Phi) is 5.88. The quantitative estimate of drug-likeness (QED) is 0.578. The van der Waals surface area contributed by atoms with Gasteiger partial charge in [0.05, 0.1) is 12.1 Å². The minimum absolute atomic E-state index is 0.224. The number of carbonyl (C=O) groups is 1. The zero-order valence-corrected chi connectivity index (χ0v) is 18.7. The Bertz CT molecular complexity index is 1020. The molecule has 1 spiro atoms. The van der Waals surface area contributed by atoms with Crippen molar-refractivity contribution in [3.63, 3.8) is 0 Å². The number of aromatic nitrogens is 1. The van der Waals surface area contributed by atoms with E-state index in [1.54, 1.807) is 11.3 Å². The molecule has 2 aromatic carbocycles. The van der Waals surface area contributed by atoms with Gasteiger partial charge in [0.2, 0.25) is 5.91 Å². The molecule has 4 nitrogen and oxygen atoms in total. The number of hydrogen-bond acceptors (Lipinski definition) is 4. The molecule has 0 aliphatic carbocycles. The second kappa shape index (κ2) is 8.93. The molecule has 3 aromatic rings. The summed E-state index contributed by atoms with van der Waals surface area (Å²) in [4.78, 5) is 22.4. The SMILES string of the molecule is O=C(Cc1csc(-c2ccccc2)n1)N1CCC2(CCCN(Cc3ccccc3)C2)C1. The van der Waals surface area contributed by atoms with E-state index >= 15 is 0 Å². The number of likely N-dealkylation sites (tertiary alicyclic amines) is 2. The van der Waals surface area contributed by atoms with Crippen LogP contribution in [0.2, 0.25) is 0 Å². The average Bonchev–Trinajstić information content (AvgIpc) is 3.43. The Morgan fingerprint density at radius 2 is 1.74 bits per heavy atom. The lowest BCUT2D eigenvalue weighted by Crippen LogP contribution is -2.45. The molecule has 2 aliphatic rings. The highest BCUT2D eigenvalue weighted by Gasteiger charge is 2.42. The smallest absolute Gasteiger partial charge is 0.228 e. The Morgan fingerprint density at radius 1 is 0.968 bits per heavy atom. The predicted octanol–water partition coefficient (Wildman–Crippen LogP) is 4.87. The van der Waals surface area contributed by atoms with E-state index in [1.807, 2.05) is 23.6 Å². The fraction of sp³-hybridized carbons (Fsp3) is 0.385. The van der Waals surface area contributed by atoms with Crippen molar-refractivity contribution < 1.29 is 4.79 Å². The first-order chi connectivity index (χ1) is 15.2. The topological polar surface area (TPSA) is 36.4 Å². The van der Waals surface area contributed by atoms with Crippen LogP contribution in [0.3, 0.4) is 0 Å². The Morgan fingerprint density at radius 3 is 2.55 bits per heavy atom. The summed E-state index contributed by atoms with van der Waals surface area (Å²) in [6.45, 7) is 5.05. The highest BCUT2D eigenvalue weighted by atomic mass is 32.1. The lowest BCUT2D eigenvalue weighted by atomic mass is 9.79. The molecule has 1 atom stereocenters. The summed E-state index contributed by atoms with van der Waals surface area (Å²) in [5.41, 5.74) is 3.65. The number of nitrogens with zero attached hydrogens (tertiary/aromatic N) is 3. The van der Waals surface area contributed by atoms with E-state index in [0.717, 1.165) is 55.4 Å². The van der Waals surface area contributed by atoms with Crippen LogP contribution in [0, 0.1) is 5.41 Å². The van der Waals surface area contributed by atoms with Crippen molar-refractivity contribution >= 4 is 17.2 Å². The Hall–Kier alpha value is -2.50. The molecule has 1 unspecified atom stereocenters. The summed E-state index contributed by atoms with van der Waals surface area (Å²) in [5.74, 6) is 0.224. The zero-order valence-electron chi connectivity index (χ0n) is 17.9. The molecule has 2 aliphatic heterocycles. The van der Waals surface area contributed by atoms with Crippen molar-refractivity contribution in [2.45, 2.75) is 32.2 Å². The van der Waals surface area contributed by atoms with Gasteiger partial charge in [0, 0.05) is 42.5 Å². The normalized spacial score (nSPS) is 21.6. The minimum atomic E-state index is 0.224. The maximum Gasteiger partial charge on any atom is 0.228 e. The lowest BCUT2D eigenvalue weighted by Gasteiger charge is -2.40. The van der Waals surface area contributed by atoms with Gasteiger partial charge in [-0.15, -0.1) is 11.3 Å². The van der Waals surface area contributed by atoms with Crippen LogP contribution in [-0.4, -0.2) is 46.9 Å². The second-order valence-corrected chi connectivity index (χ2v) is 9.91. The van der Waals surface area contributed by atoms with Gasteiger partial charge in [-0.05, 0) is 31.4 Å². The summed E-state index contributed by atoms with van der Waals surface area (Å²) in [7, 11) is 0. The summed E-state index contributed by atoms with van der Waals surface area (Å²) >= 11 is 1.62. The van der Waals surface area contributed by atoms with Crippen molar-refractivity contribution in [1.29, 1.82) is 0 Å². The van der Waals surface area contributed by atoms with Gasteiger partial charge in [-0.25, -0.2) is 4.98 Å². The summed E-state index contributed by atoms with van der Waals surface area (Å²) in [5, 5.41) is 3.03. The molecule has 0 bridgehead atoms. The van der Waals surface area contributed by atoms with Crippen molar-refractivity contribution in [1.82, 2.24) is 14.8 Å². The number of amides is 1. The van der Waals surface area contributed by atoms with Gasteiger partial charge in [-0.3, -0.25) is 9.69 Å². The molecule has 2 saturated heterocycles. The van der Waals surface area contributed by atoms with Crippen LogP contribution < -0.4 is 0 Å². The van der Waals surface area contributed by atoms with Crippen LogP contribution in [0.5, 0.6) is 0 Å². The molecule has 1 aromatic heterocycles. The fourth-order valence-electron chi connectivity index (χ4n) is 5.14. The molecule has 5 rings (SSSR count). The molecular weight excluding hydrogens is 402 g/mol. The van der Waals surface area contributed by atoms with E-state index in [1.165, 1.54) is 18.4 Å². The van der Waals surface area contributed by atoms with E-state index < -0.39 is 0 Å². The first-order valence-electron chi connectivity index (χ1n) is 11.2. The number of hydrogen-bond donors (Lipinski definition) is 0. The van der Waals surface area contributed by atoms with Gasteiger partial charge < -0.3 is 4.90 Å². The predicted molar refractivity (Wildman–Crippen MR) is 126 cm³/mol. The molecule has 160 valence electrons. The summed E-state index contributed by atoms with van der Waals surface area (Å²) in [6.07, 6.45) is 3.99. The molecular formula is C26H29N3OS. The maximum absolute atomic E-state index is 13.0. The monoisotopic (exact) mass is 431 g/mol. The van der Waals surface area contributed by atoms with Crippen LogP contribution in [0.15, 0.2) is 66.0 Å². The number of benzene rings is 2. The van der Waals surface area contributed by atoms with Crippen LogP contribution >= 0.6 is 11.3 Å². The van der Waals surface area contributed by atoms with E-state index in [-0.39, 0.29) is 11.3 Å². The van der Waals surface area contributed by atoms with E-state index in [4.69, 9.17) is 4.98 Å². The van der Waals surface area contributed by atoms with Gasteiger partial charge in [-0.1, -0.05) is 60.7 Å². The van der Waals surface area contributed by atoms with Gasteiger partial charge >= 0.3 is 0 Å². The van der Waals surface area contributed by atoms with Crippen molar-refractivity contribution in [2.75, 3.05) is 26.2 Å². The number of thiazole rings is 1. The average molecular weight is 432 g/mol. The summed E-state index contributed by atoms with van der Waals surface area (Å²) in [6, 6.07) is 20.9. The van der Waals surface area contributed by atoms with Crippen LogP contribution in [-0.2, 0) is 17.8 Å². The minimum Gasteiger partial charge on any atom is -0.342 e. The standard InChI is InChI=1S/C26H29N3OS/c30-24(16-23-18-31-25(27-23)22-10-5-2-6-11-22)29-15-13-26(20-29)12-7-14-28(19-26)17-21-8-3-1-4-9-21/h1-6,8-11,18H,7,12-17,19-20H2. The third-order valence-electron chi connectivity index (χ3n) is 6.69. The Labute approximate surface area is 188 Å². The van der Waals surface area contributed by atoms with Crippen LogP contribution in [0.4, 0.5) is 0 Å². The number of rotatable bonds is 5. The van der Waals surface area contributed by atoms with Crippen molar-refractivity contribution in [3.8, 4) is 10.6 Å². The van der Waals surface area contributed by atoms with Crippen LogP contribution in [0.1, 0.15) is 30.5 Å². The van der Waals surface area contributed by atoms with Crippen molar-refractivity contribution in [3.05, 3.63) is 77.3 Å². The van der Waals surface area contributed by atoms with Gasteiger partial charge in [0.15, 0.2) is 0 Å². The van der Waals surface area contributed by atoms with E-state index in [9.17, 15) is 4.79 Å². The molecule has 2 fully saturated rings.